The van der Waals surface area contributed by atoms with Crippen molar-refractivity contribution in [1.29, 1.82) is 0 Å². The molecule has 0 aliphatic heterocycles. The molecule has 2 fully saturated rings. The molecule has 2 N–H and O–H groups in total. The molecule has 4 unspecified atom stereocenters. The van der Waals surface area contributed by atoms with Crippen LogP contribution in [0.3, 0.4) is 0 Å². The third-order valence-electron chi connectivity index (χ3n) is 4.60. The summed E-state index contributed by atoms with van der Waals surface area (Å²) in [7, 11) is 0. The Morgan fingerprint density at radius 3 is 3.00 bits per heavy atom. The largest absolute Gasteiger partial charge is 0.366 e. The second kappa shape index (κ2) is 4.83. The number of H-pyrrole nitrogens is 1. The number of aromatic amines is 1. The second-order valence-electron chi connectivity index (χ2n) is 5.67. The van der Waals surface area contributed by atoms with Crippen LogP contribution in [0.1, 0.15) is 32.6 Å². The van der Waals surface area contributed by atoms with Crippen molar-refractivity contribution in [3.05, 3.63) is 20.3 Å². The lowest BCUT2D eigenvalue weighted by Gasteiger charge is -2.29. The van der Waals surface area contributed by atoms with Crippen LogP contribution in [0.4, 0.5) is 5.82 Å². The zero-order valence-corrected chi connectivity index (χ0v) is 12.6. The topological polar surface area (TPSA) is 57.8 Å². The molecule has 1 aromatic heterocycles. The predicted octanol–water partition coefficient (Wildman–Crippen LogP) is 2.61. The summed E-state index contributed by atoms with van der Waals surface area (Å²) in [4.78, 5) is 18.4. The molecule has 2 bridgehead atoms. The van der Waals surface area contributed by atoms with E-state index in [9.17, 15) is 4.79 Å². The van der Waals surface area contributed by atoms with Gasteiger partial charge >= 0.3 is 0 Å². The molecule has 2 aliphatic rings. The minimum absolute atomic E-state index is 0.0618. The van der Waals surface area contributed by atoms with E-state index in [0.29, 0.717) is 9.61 Å². The maximum Gasteiger partial charge on any atom is 0.266 e. The molecule has 0 spiro atoms. The first-order valence-corrected chi connectivity index (χ1v) is 7.72. The van der Waals surface area contributed by atoms with Crippen molar-refractivity contribution in [1.82, 2.24) is 9.97 Å². The maximum absolute atomic E-state index is 11.5. The van der Waals surface area contributed by atoms with Gasteiger partial charge in [0.1, 0.15) is 9.39 Å². The van der Waals surface area contributed by atoms with Gasteiger partial charge in [0.05, 0.1) is 6.33 Å². The van der Waals surface area contributed by atoms with Crippen LogP contribution in [0, 0.1) is 21.3 Å². The van der Waals surface area contributed by atoms with E-state index in [1.54, 1.807) is 0 Å². The van der Waals surface area contributed by atoms with E-state index in [0.717, 1.165) is 23.6 Å². The molecular weight excluding hydrogens is 341 g/mol. The van der Waals surface area contributed by atoms with Crippen LogP contribution in [0.2, 0.25) is 0 Å². The Labute approximate surface area is 120 Å². The van der Waals surface area contributed by atoms with Crippen molar-refractivity contribution in [3.63, 3.8) is 0 Å². The van der Waals surface area contributed by atoms with Crippen molar-refractivity contribution in [2.24, 2.45) is 17.8 Å². The molecule has 5 heteroatoms. The number of aromatic nitrogens is 2. The minimum atomic E-state index is -0.0618. The summed E-state index contributed by atoms with van der Waals surface area (Å²) in [5.74, 6) is 3.32. The van der Waals surface area contributed by atoms with Gasteiger partial charge in [-0.15, -0.1) is 0 Å². The lowest BCUT2D eigenvalue weighted by Crippen LogP contribution is -2.31. The van der Waals surface area contributed by atoms with Crippen LogP contribution in [0.15, 0.2) is 11.1 Å². The molecule has 0 amide bonds. The fourth-order valence-corrected chi connectivity index (χ4v) is 4.16. The van der Waals surface area contributed by atoms with E-state index >= 15 is 0 Å². The smallest absolute Gasteiger partial charge is 0.266 e. The Bertz CT molecular complexity index is 501. The van der Waals surface area contributed by atoms with Crippen LogP contribution in [-0.4, -0.2) is 16.0 Å². The number of nitrogens with one attached hydrogen (secondary N) is 2. The van der Waals surface area contributed by atoms with Crippen LogP contribution >= 0.6 is 22.6 Å². The first-order valence-electron chi connectivity index (χ1n) is 6.65. The summed E-state index contributed by atoms with van der Waals surface area (Å²) in [5.41, 5.74) is -0.0618. The third kappa shape index (κ3) is 2.17. The van der Waals surface area contributed by atoms with Crippen LogP contribution in [0.25, 0.3) is 0 Å². The number of fused-ring (bicyclic) bond motifs is 2. The number of hydrogen-bond acceptors (Lipinski definition) is 3. The number of nitrogens with zero attached hydrogens (tertiary/aromatic N) is 1. The van der Waals surface area contributed by atoms with E-state index in [4.69, 9.17) is 0 Å². The molecular formula is C13H18IN3O. The zero-order valence-electron chi connectivity index (χ0n) is 10.4. The second-order valence-corrected chi connectivity index (χ2v) is 6.74. The van der Waals surface area contributed by atoms with Gasteiger partial charge in [0.15, 0.2) is 0 Å². The quantitative estimate of drug-likeness (QED) is 0.816. The average Bonchev–Trinajstić information content (AvgIpc) is 2.97. The SMILES string of the molecule is CC(Nc1nc[nH]c(=O)c1I)C1CC2CCC1C2. The summed E-state index contributed by atoms with van der Waals surface area (Å²) in [6.07, 6.45) is 7.05. The molecule has 2 saturated carbocycles. The van der Waals surface area contributed by atoms with Crippen molar-refractivity contribution in [2.75, 3.05) is 5.32 Å². The van der Waals surface area contributed by atoms with E-state index in [2.05, 4.69) is 44.8 Å². The van der Waals surface area contributed by atoms with E-state index in [1.165, 1.54) is 32.0 Å². The minimum Gasteiger partial charge on any atom is -0.366 e. The molecule has 1 aromatic rings. The highest BCUT2D eigenvalue weighted by Crippen LogP contribution is 2.49. The molecule has 4 nitrogen and oxygen atoms in total. The van der Waals surface area contributed by atoms with Gasteiger partial charge in [-0.05, 0) is 66.5 Å². The summed E-state index contributed by atoms with van der Waals surface area (Å²) in [6, 6.07) is 0.406. The van der Waals surface area contributed by atoms with Gasteiger partial charge in [-0.25, -0.2) is 4.98 Å². The van der Waals surface area contributed by atoms with E-state index in [-0.39, 0.29) is 5.56 Å². The normalized spacial score (nSPS) is 31.6. The van der Waals surface area contributed by atoms with Crippen molar-refractivity contribution < 1.29 is 0 Å². The number of halogens is 1. The molecule has 98 valence electrons. The van der Waals surface area contributed by atoms with Gasteiger partial charge in [0.25, 0.3) is 5.56 Å². The number of rotatable bonds is 3. The molecule has 3 rings (SSSR count). The molecule has 0 saturated heterocycles. The standard InChI is InChI=1S/C13H18IN3O/c1-7(10-5-8-2-3-9(10)4-8)17-12-11(14)13(18)16-6-15-12/h6-10H,2-5H2,1H3,(H2,15,16,17,18). The molecule has 0 aromatic carbocycles. The summed E-state index contributed by atoms with van der Waals surface area (Å²) < 4.78 is 0.658. The van der Waals surface area contributed by atoms with E-state index in [1.807, 2.05) is 0 Å². The fourth-order valence-electron chi connectivity index (χ4n) is 3.71. The lowest BCUT2D eigenvalue weighted by molar-refractivity contribution is 0.304. The monoisotopic (exact) mass is 359 g/mol. The molecule has 18 heavy (non-hydrogen) atoms. The van der Waals surface area contributed by atoms with Gasteiger partial charge in [-0.2, -0.15) is 0 Å². The zero-order chi connectivity index (χ0) is 12.7. The summed E-state index contributed by atoms with van der Waals surface area (Å²) in [6.45, 7) is 2.23. The van der Waals surface area contributed by atoms with Crippen LogP contribution in [0.5, 0.6) is 0 Å². The Morgan fingerprint density at radius 1 is 1.50 bits per heavy atom. The highest BCUT2D eigenvalue weighted by Gasteiger charge is 2.41. The highest BCUT2D eigenvalue weighted by atomic mass is 127. The Morgan fingerprint density at radius 2 is 2.33 bits per heavy atom. The summed E-state index contributed by atoms with van der Waals surface area (Å²) >= 11 is 2.06. The molecule has 4 atom stereocenters. The molecule has 0 radical (unpaired) electrons. The summed E-state index contributed by atoms with van der Waals surface area (Å²) in [5, 5.41) is 3.44. The molecule has 1 heterocycles. The lowest BCUT2D eigenvalue weighted by atomic mass is 9.84. The Kier molecular flexibility index (Phi) is 3.34. The predicted molar refractivity (Wildman–Crippen MR) is 79.6 cm³/mol. The first kappa shape index (κ1) is 12.4. The first-order chi connectivity index (χ1) is 8.65. The van der Waals surface area contributed by atoms with E-state index < -0.39 is 0 Å². The van der Waals surface area contributed by atoms with Gasteiger partial charge in [-0.3, -0.25) is 4.79 Å². The van der Waals surface area contributed by atoms with Crippen molar-refractivity contribution >= 4 is 28.4 Å². The Balaban J connectivity index is 1.73. The Hall–Kier alpha value is -0.590. The van der Waals surface area contributed by atoms with Crippen LogP contribution in [-0.2, 0) is 0 Å². The van der Waals surface area contributed by atoms with Gasteiger partial charge in [0, 0.05) is 6.04 Å². The number of hydrogen-bond donors (Lipinski definition) is 2. The fraction of sp³-hybridized carbons (Fsp3) is 0.692. The maximum atomic E-state index is 11.5. The van der Waals surface area contributed by atoms with Gasteiger partial charge < -0.3 is 10.3 Å². The van der Waals surface area contributed by atoms with Crippen molar-refractivity contribution in [2.45, 2.75) is 38.6 Å². The average molecular weight is 359 g/mol. The van der Waals surface area contributed by atoms with Crippen LogP contribution < -0.4 is 10.9 Å². The third-order valence-corrected chi connectivity index (χ3v) is 5.60. The number of anilines is 1. The van der Waals surface area contributed by atoms with Gasteiger partial charge in [-0.1, -0.05) is 6.42 Å². The van der Waals surface area contributed by atoms with Gasteiger partial charge in [0.2, 0.25) is 0 Å². The highest BCUT2D eigenvalue weighted by molar-refractivity contribution is 14.1. The van der Waals surface area contributed by atoms with Crippen molar-refractivity contribution in [3.8, 4) is 0 Å². The molecule has 2 aliphatic carbocycles.